The quantitative estimate of drug-likeness (QED) is 0.654. The highest BCUT2D eigenvalue weighted by atomic mass is 14.8. The Hall–Kier alpha value is -0.460. The van der Waals surface area contributed by atoms with Gasteiger partial charge in [0.15, 0.2) is 0 Å². The Balaban J connectivity index is 3.91. The summed E-state index contributed by atoms with van der Waals surface area (Å²) in [5.74, 6) is 2.23. The molecule has 0 aliphatic rings. The second kappa shape index (κ2) is 6.92. The summed E-state index contributed by atoms with van der Waals surface area (Å²) in [5, 5.41) is 3.15. The van der Waals surface area contributed by atoms with Gasteiger partial charge in [-0.1, -0.05) is 47.1 Å². The predicted octanol–water partition coefficient (Wildman–Crippen LogP) is 3.82. The summed E-state index contributed by atoms with van der Waals surface area (Å²) in [6.07, 6.45) is 3.90. The highest BCUT2D eigenvalue weighted by Gasteiger charge is 2.15. The van der Waals surface area contributed by atoms with E-state index in [1.807, 2.05) is 7.05 Å². The Morgan fingerprint density at radius 1 is 1.21 bits per heavy atom. The summed E-state index contributed by atoms with van der Waals surface area (Å²) in [7, 11) is 1.96. The Morgan fingerprint density at radius 3 is 2.21 bits per heavy atom. The smallest absolute Gasteiger partial charge is 0.00598 e. The van der Waals surface area contributed by atoms with E-state index in [0.29, 0.717) is 5.92 Å². The van der Waals surface area contributed by atoms with E-state index in [4.69, 9.17) is 0 Å². The van der Waals surface area contributed by atoms with E-state index in [-0.39, 0.29) is 0 Å². The van der Waals surface area contributed by atoms with Crippen LogP contribution in [0.3, 0.4) is 0 Å². The summed E-state index contributed by atoms with van der Waals surface area (Å²) in [4.78, 5) is 0. The average Bonchev–Trinajstić information content (AvgIpc) is 2.16. The van der Waals surface area contributed by atoms with Crippen LogP contribution in [0, 0.1) is 17.8 Å². The molecule has 1 heteroatoms. The van der Waals surface area contributed by atoms with Crippen LogP contribution in [0.4, 0.5) is 0 Å². The molecule has 84 valence electrons. The molecular weight excluding hydrogens is 170 g/mol. The molecule has 3 unspecified atom stereocenters. The summed E-state index contributed by atoms with van der Waals surface area (Å²) in [6, 6.07) is 0. The van der Waals surface area contributed by atoms with Gasteiger partial charge in [0, 0.05) is 12.7 Å². The van der Waals surface area contributed by atoms with Crippen molar-refractivity contribution in [2.45, 2.75) is 47.0 Å². The van der Waals surface area contributed by atoms with Gasteiger partial charge < -0.3 is 5.32 Å². The van der Waals surface area contributed by atoms with Gasteiger partial charge in [0.25, 0.3) is 0 Å². The van der Waals surface area contributed by atoms with Crippen molar-refractivity contribution in [3.63, 3.8) is 0 Å². The van der Waals surface area contributed by atoms with Crippen LogP contribution in [-0.4, -0.2) is 7.05 Å². The van der Waals surface area contributed by atoms with Gasteiger partial charge in [-0.05, 0) is 24.2 Å². The van der Waals surface area contributed by atoms with Crippen LogP contribution in [0.2, 0.25) is 0 Å². The Bertz CT molecular complexity index is 163. The van der Waals surface area contributed by atoms with Crippen LogP contribution in [0.25, 0.3) is 0 Å². The standard InChI is InChI=1S/C13H27N/c1-7-8-10(2)11(3)9-12(4)13(5)14-6/h10-12,14H,5,7-9H2,1-4,6H3. The van der Waals surface area contributed by atoms with Crippen LogP contribution in [-0.2, 0) is 0 Å². The van der Waals surface area contributed by atoms with Gasteiger partial charge in [-0.15, -0.1) is 0 Å². The van der Waals surface area contributed by atoms with Crippen molar-refractivity contribution in [3.05, 3.63) is 12.3 Å². The van der Waals surface area contributed by atoms with Crippen molar-refractivity contribution >= 4 is 0 Å². The van der Waals surface area contributed by atoms with E-state index < -0.39 is 0 Å². The number of rotatable bonds is 7. The van der Waals surface area contributed by atoms with E-state index in [2.05, 4.69) is 39.6 Å². The minimum absolute atomic E-state index is 0.592. The van der Waals surface area contributed by atoms with Gasteiger partial charge >= 0.3 is 0 Å². The maximum atomic E-state index is 4.02. The zero-order valence-corrected chi connectivity index (χ0v) is 10.6. The normalized spacial score (nSPS) is 17.2. The lowest BCUT2D eigenvalue weighted by atomic mass is 9.84. The summed E-state index contributed by atoms with van der Waals surface area (Å²) >= 11 is 0. The summed E-state index contributed by atoms with van der Waals surface area (Å²) in [5.41, 5.74) is 1.17. The highest BCUT2D eigenvalue weighted by molar-refractivity contribution is 4.95. The fourth-order valence-corrected chi connectivity index (χ4v) is 1.92. The molecule has 3 atom stereocenters. The number of allylic oxidation sites excluding steroid dienone is 1. The minimum Gasteiger partial charge on any atom is -0.392 e. The fraction of sp³-hybridized carbons (Fsp3) is 0.846. The third-order valence-electron chi connectivity index (χ3n) is 3.36. The number of hydrogen-bond donors (Lipinski definition) is 1. The third-order valence-corrected chi connectivity index (χ3v) is 3.36. The Labute approximate surface area is 90.0 Å². The van der Waals surface area contributed by atoms with Gasteiger partial charge in [-0.25, -0.2) is 0 Å². The van der Waals surface area contributed by atoms with Crippen molar-refractivity contribution in [1.82, 2.24) is 5.32 Å². The first-order valence-electron chi connectivity index (χ1n) is 5.89. The molecule has 1 nitrogen and oxygen atoms in total. The molecule has 0 heterocycles. The lowest BCUT2D eigenvalue weighted by molar-refractivity contribution is 0.309. The molecule has 0 saturated carbocycles. The average molecular weight is 197 g/mol. The van der Waals surface area contributed by atoms with Gasteiger partial charge in [0.2, 0.25) is 0 Å². The maximum absolute atomic E-state index is 4.02. The molecule has 0 fully saturated rings. The van der Waals surface area contributed by atoms with Crippen molar-refractivity contribution < 1.29 is 0 Å². The maximum Gasteiger partial charge on any atom is 0.00598 e. The van der Waals surface area contributed by atoms with E-state index in [0.717, 1.165) is 11.8 Å². The van der Waals surface area contributed by atoms with Crippen molar-refractivity contribution in [2.75, 3.05) is 7.05 Å². The molecule has 0 aromatic carbocycles. The molecule has 14 heavy (non-hydrogen) atoms. The van der Waals surface area contributed by atoms with E-state index >= 15 is 0 Å². The van der Waals surface area contributed by atoms with Crippen molar-refractivity contribution in [3.8, 4) is 0 Å². The largest absolute Gasteiger partial charge is 0.392 e. The molecule has 0 aliphatic heterocycles. The second-order valence-corrected chi connectivity index (χ2v) is 4.66. The van der Waals surface area contributed by atoms with Crippen LogP contribution < -0.4 is 5.32 Å². The van der Waals surface area contributed by atoms with Crippen LogP contribution in [0.15, 0.2) is 12.3 Å². The zero-order valence-electron chi connectivity index (χ0n) is 10.6. The first-order chi connectivity index (χ1) is 6.52. The monoisotopic (exact) mass is 197 g/mol. The van der Waals surface area contributed by atoms with Gasteiger partial charge in [0.05, 0.1) is 0 Å². The first-order valence-corrected chi connectivity index (χ1v) is 5.89. The molecule has 0 spiro atoms. The zero-order chi connectivity index (χ0) is 11.1. The first kappa shape index (κ1) is 13.5. The molecule has 0 aliphatic carbocycles. The SMILES string of the molecule is C=C(NC)C(C)CC(C)C(C)CCC. The van der Waals surface area contributed by atoms with E-state index in [1.165, 1.54) is 25.0 Å². The fourth-order valence-electron chi connectivity index (χ4n) is 1.92. The predicted molar refractivity (Wildman–Crippen MR) is 65.2 cm³/mol. The van der Waals surface area contributed by atoms with Crippen molar-refractivity contribution in [1.29, 1.82) is 0 Å². The number of nitrogens with one attached hydrogen (secondary N) is 1. The molecule has 1 N–H and O–H groups in total. The van der Waals surface area contributed by atoms with Crippen LogP contribution in [0.5, 0.6) is 0 Å². The summed E-state index contributed by atoms with van der Waals surface area (Å²) < 4.78 is 0. The Kier molecular flexibility index (Phi) is 6.69. The second-order valence-electron chi connectivity index (χ2n) is 4.66. The summed E-state index contributed by atoms with van der Waals surface area (Å²) in [6.45, 7) is 13.3. The highest BCUT2D eigenvalue weighted by Crippen LogP contribution is 2.25. The van der Waals surface area contributed by atoms with E-state index in [1.54, 1.807) is 0 Å². The van der Waals surface area contributed by atoms with Crippen LogP contribution >= 0.6 is 0 Å². The molecular formula is C13H27N. The van der Waals surface area contributed by atoms with Gasteiger partial charge in [-0.2, -0.15) is 0 Å². The lowest BCUT2D eigenvalue weighted by Gasteiger charge is -2.24. The van der Waals surface area contributed by atoms with Crippen molar-refractivity contribution in [2.24, 2.45) is 17.8 Å². The molecule has 0 saturated heterocycles. The van der Waals surface area contributed by atoms with Crippen LogP contribution in [0.1, 0.15) is 47.0 Å². The molecule has 0 aromatic rings. The molecule has 0 bridgehead atoms. The molecule has 0 rings (SSSR count). The molecule has 0 amide bonds. The number of hydrogen-bond acceptors (Lipinski definition) is 1. The lowest BCUT2D eigenvalue weighted by Crippen LogP contribution is -2.18. The molecule has 0 aromatic heterocycles. The third kappa shape index (κ3) is 4.69. The molecule has 0 radical (unpaired) electrons. The van der Waals surface area contributed by atoms with E-state index in [9.17, 15) is 0 Å². The minimum atomic E-state index is 0.592. The topological polar surface area (TPSA) is 12.0 Å². The van der Waals surface area contributed by atoms with Gasteiger partial charge in [-0.3, -0.25) is 0 Å². The Morgan fingerprint density at radius 2 is 1.79 bits per heavy atom. The van der Waals surface area contributed by atoms with Gasteiger partial charge in [0.1, 0.15) is 0 Å².